The van der Waals surface area contributed by atoms with Crippen LogP contribution < -0.4 is 0 Å². The van der Waals surface area contributed by atoms with Gasteiger partial charge in [0.2, 0.25) is 0 Å². The summed E-state index contributed by atoms with van der Waals surface area (Å²) in [6.45, 7) is 10.1. The highest BCUT2D eigenvalue weighted by molar-refractivity contribution is 6.30. The number of carbonyl (C=O) groups excluding carboxylic acids is 1. The Morgan fingerprint density at radius 3 is 2.39 bits per heavy atom. The van der Waals surface area contributed by atoms with Gasteiger partial charge in [-0.25, -0.2) is 0 Å². The Kier molecular flexibility index (Phi) is 7.53. The lowest BCUT2D eigenvalue weighted by molar-refractivity contribution is 0.00340. The fourth-order valence-electron chi connectivity index (χ4n) is 4.31. The van der Waals surface area contributed by atoms with E-state index in [-0.39, 0.29) is 12.0 Å². The number of rotatable bonds is 7. The largest absolute Gasteiger partial charge is 0.466 e. The van der Waals surface area contributed by atoms with Gasteiger partial charge in [-0.2, -0.15) is 0 Å². The quantitative estimate of drug-likeness (QED) is 0.456. The van der Waals surface area contributed by atoms with Gasteiger partial charge in [0.25, 0.3) is 5.91 Å². The number of ether oxygens (including phenoxy) is 1. The minimum atomic E-state index is -0.0798. The van der Waals surface area contributed by atoms with Crippen LogP contribution in [0.3, 0.4) is 0 Å². The van der Waals surface area contributed by atoms with E-state index in [4.69, 9.17) is 20.8 Å². The Balaban J connectivity index is 1.39. The first-order valence-corrected chi connectivity index (χ1v) is 11.8. The van der Waals surface area contributed by atoms with E-state index in [1.54, 1.807) is 0 Å². The average molecular weight is 467 g/mol. The summed E-state index contributed by atoms with van der Waals surface area (Å²) in [4.78, 5) is 17.2. The molecule has 3 aromatic rings. The summed E-state index contributed by atoms with van der Waals surface area (Å²) < 4.78 is 11.9. The van der Waals surface area contributed by atoms with Gasteiger partial charge in [0.15, 0.2) is 0 Å². The van der Waals surface area contributed by atoms with E-state index in [1.807, 2.05) is 49.1 Å². The molecule has 6 heteroatoms. The van der Waals surface area contributed by atoms with E-state index in [2.05, 4.69) is 36.1 Å². The SMILES string of the molecule is Cc1cccc(COC(CN2CCN(C(=O)c3cc(C)oc3C)CC2)c2ccc(Cl)cc2)c1. The van der Waals surface area contributed by atoms with Crippen LogP contribution in [0.4, 0.5) is 0 Å². The van der Waals surface area contributed by atoms with Gasteiger partial charge in [0, 0.05) is 37.7 Å². The molecule has 0 spiro atoms. The van der Waals surface area contributed by atoms with Crippen molar-refractivity contribution in [3.05, 3.63) is 93.4 Å². The van der Waals surface area contributed by atoms with Gasteiger partial charge in [-0.1, -0.05) is 53.6 Å². The van der Waals surface area contributed by atoms with Crippen molar-refractivity contribution in [2.24, 2.45) is 0 Å². The number of hydrogen-bond donors (Lipinski definition) is 0. The second kappa shape index (κ2) is 10.6. The number of amides is 1. The molecule has 33 heavy (non-hydrogen) atoms. The Morgan fingerprint density at radius 2 is 1.76 bits per heavy atom. The monoisotopic (exact) mass is 466 g/mol. The van der Waals surface area contributed by atoms with Crippen LogP contribution in [-0.2, 0) is 11.3 Å². The number of nitrogens with zero attached hydrogens (tertiary/aromatic N) is 2. The molecule has 1 atom stereocenters. The lowest BCUT2D eigenvalue weighted by Crippen LogP contribution is -2.49. The molecule has 5 nitrogen and oxygen atoms in total. The summed E-state index contributed by atoms with van der Waals surface area (Å²) in [6, 6.07) is 18.1. The van der Waals surface area contributed by atoms with Crippen LogP contribution in [0.1, 0.15) is 44.7 Å². The summed E-state index contributed by atoms with van der Waals surface area (Å²) in [5, 5.41) is 0.716. The molecule has 2 heterocycles. The third kappa shape index (κ3) is 6.05. The number of aryl methyl sites for hydroxylation is 3. The second-order valence-electron chi connectivity index (χ2n) is 8.76. The van der Waals surface area contributed by atoms with E-state index in [0.29, 0.717) is 36.0 Å². The molecule has 2 aromatic carbocycles. The van der Waals surface area contributed by atoms with Crippen LogP contribution in [0.15, 0.2) is 59.0 Å². The smallest absolute Gasteiger partial charge is 0.257 e. The maximum absolute atomic E-state index is 12.9. The van der Waals surface area contributed by atoms with E-state index in [1.165, 1.54) is 5.56 Å². The van der Waals surface area contributed by atoms with Crippen molar-refractivity contribution in [3.63, 3.8) is 0 Å². The first-order valence-electron chi connectivity index (χ1n) is 11.4. The zero-order valence-corrected chi connectivity index (χ0v) is 20.3. The number of benzene rings is 2. The molecule has 0 aliphatic carbocycles. The predicted molar refractivity (Wildman–Crippen MR) is 131 cm³/mol. The highest BCUT2D eigenvalue weighted by Crippen LogP contribution is 2.24. The first-order chi connectivity index (χ1) is 15.9. The Bertz CT molecular complexity index is 1090. The fraction of sp³-hybridized carbons (Fsp3) is 0.370. The van der Waals surface area contributed by atoms with Gasteiger partial charge in [-0.3, -0.25) is 9.69 Å². The molecule has 0 radical (unpaired) electrons. The van der Waals surface area contributed by atoms with Crippen LogP contribution in [0.2, 0.25) is 5.02 Å². The molecule has 1 aliphatic heterocycles. The van der Waals surface area contributed by atoms with Gasteiger partial charge >= 0.3 is 0 Å². The molecule has 4 rings (SSSR count). The molecule has 1 aromatic heterocycles. The van der Waals surface area contributed by atoms with Crippen molar-refractivity contribution in [3.8, 4) is 0 Å². The highest BCUT2D eigenvalue weighted by Gasteiger charge is 2.26. The normalized spacial score (nSPS) is 15.6. The van der Waals surface area contributed by atoms with Crippen LogP contribution in [-0.4, -0.2) is 48.4 Å². The predicted octanol–water partition coefficient (Wildman–Crippen LogP) is 5.57. The summed E-state index contributed by atoms with van der Waals surface area (Å²) in [6.07, 6.45) is -0.0798. The Labute approximate surface area is 200 Å². The third-order valence-corrected chi connectivity index (χ3v) is 6.38. The number of halogens is 1. The fourth-order valence-corrected chi connectivity index (χ4v) is 4.44. The zero-order chi connectivity index (χ0) is 23.4. The highest BCUT2D eigenvalue weighted by atomic mass is 35.5. The molecule has 174 valence electrons. The van der Waals surface area contributed by atoms with Crippen molar-refractivity contribution >= 4 is 17.5 Å². The molecule has 1 amide bonds. The van der Waals surface area contributed by atoms with Crippen LogP contribution >= 0.6 is 11.6 Å². The molecule has 0 saturated carbocycles. The summed E-state index contributed by atoms with van der Waals surface area (Å²) in [5.41, 5.74) is 4.16. The molecular weight excluding hydrogens is 436 g/mol. The second-order valence-corrected chi connectivity index (χ2v) is 9.20. The molecule has 0 N–H and O–H groups in total. The van der Waals surface area contributed by atoms with Crippen molar-refractivity contribution in [1.82, 2.24) is 9.80 Å². The number of furan rings is 1. The van der Waals surface area contributed by atoms with Gasteiger partial charge in [0.1, 0.15) is 11.5 Å². The van der Waals surface area contributed by atoms with Gasteiger partial charge in [-0.05, 0) is 50.1 Å². The Morgan fingerprint density at radius 1 is 1.03 bits per heavy atom. The van der Waals surface area contributed by atoms with E-state index >= 15 is 0 Å². The minimum Gasteiger partial charge on any atom is -0.466 e. The molecule has 1 aliphatic rings. The Hall–Kier alpha value is -2.60. The number of carbonyl (C=O) groups is 1. The van der Waals surface area contributed by atoms with Gasteiger partial charge in [-0.15, -0.1) is 0 Å². The van der Waals surface area contributed by atoms with Gasteiger partial charge < -0.3 is 14.1 Å². The molecule has 0 bridgehead atoms. The van der Waals surface area contributed by atoms with Crippen molar-refractivity contribution < 1.29 is 13.9 Å². The van der Waals surface area contributed by atoms with Crippen LogP contribution in [0, 0.1) is 20.8 Å². The molecule has 1 fully saturated rings. The lowest BCUT2D eigenvalue weighted by atomic mass is 10.1. The van der Waals surface area contributed by atoms with Crippen molar-refractivity contribution in [2.75, 3.05) is 32.7 Å². The van der Waals surface area contributed by atoms with E-state index < -0.39 is 0 Å². The van der Waals surface area contributed by atoms with Crippen LogP contribution in [0.5, 0.6) is 0 Å². The third-order valence-electron chi connectivity index (χ3n) is 6.13. The maximum atomic E-state index is 12.9. The molecular formula is C27H31ClN2O3. The molecule has 1 unspecified atom stereocenters. The van der Waals surface area contributed by atoms with E-state index in [9.17, 15) is 4.79 Å². The molecule has 1 saturated heterocycles. The number of hydrogen-bond acceptors (Lipinski definition) is 4. The summed E-state index contributed by atoms with van der Waals surface area (Å²) in [7, 11) is 0. The van der Waals surface area contributed by atoms with Crippen molar-refractivity contribution in [1.29, 1.82) is 0 Å². The lowest BCUT2D eigenvalue weighted by Gasteiger charge is -2.36. The van der Waals surface area contributed by atoms with Crippen molar-refractivity contribution in [2.45, 2.75) is 33.5 Å². The average Bonchev–Trinajstić information content (AvgIpc) is 3.15. The number of piperazine rings is 1. The zero-order valence-electron chi connectivity index (χ0n) is 19.5. The topological polar surface area (TPSA) is 45.9 Å². The van der Waals surface area contributed by atoms with Gasteiger partial charge in [0.05, 0.1) is 18.3 Å². The standard InChI is InChI=1S/C27H31ClN2O3/c1-19-5-4-6-22(15-19)18-32-26(23-7-9-24(28)10-8-23)17-29-11-13-30(14-12-29)27(31)25-16-20(2)33-21(25)3/h4-10,15-16,26H,11-14,17-18H2,1-3H3. The first kappa shape index (κ1) is 23.6. The minimum absolute atomic E-state index is 0.0500. The summed E-state index contributed by atoms with van der Waals surface area (Å²) >= 11 is 6.11. The van der Waals surface area contributed by atoms with Crippen LogP contribution in [0.25, 0.3) is 0 Å². The maximum Gasteiger partial charge on any atom is 0.257 e. The van der Waals surface area contributed by atoms with E-state index in [0.717, 1.165) is 36.5 Å². The summed E-state index contributed by atoms with van der Waals surface area (Å²) in [5.74, 6) is 1.51.